The Morgan fingerprint density at radius 2 is 1.92 bits per heavy atom. The van der Waals surface area contributed by atoms with Crippen LogP contribution >= 0.6 is 34.5 Å². The maximum absolute atomic E-state index is 12.5. The highest BCUT2D eigenvalue weighted by molar-refractivity contribution is 7.09. The van der Waals surface area contributed by atoms with Crippen LogP contribution in [0, 0.1) is 6.92 Å². The number of hydrogen-bond donors (Lipinski definition) is 1. The van der Waals surface area contributed by atoms with Gasteiger partial charge in [0.2, 0.25) is 0 Å². The molecule has 4 nitrogen and oxygen atoms in total. The van der Waals surface area contributed by atoms with Crippen LogP contribution in [-0.2, 0) is 0 Å². The molecule has 0 saturated heterocycles. The van der Waals surface area contributed by atoms with Gasteiger partial charge in [0.05, 0.1) is 27.9 Å². The van der Waals surface area contributed by atoms with Gasteiger partial charge < -0.3 is 10.1 Å². The molecule has 1 aromatic heterocycles. The molecule has 0 saturated carbocycles. The molecule has 0 spiro atoms. The Hall–Kier alpha value is -2.08. The van der Waals surface area contributed by atoms with Gasteiger partial charge in [-0.15, -0.1) is 11.3 Å². The summed E-state index contributed by atoms with van der Waals surface area (Å²) in [5.41, 5.74) is 2.84. The van der Waals surface area contributed by atoms with Crippen molar-refractivity contribution >= 4 is 46.1 Å². The number of methoxy groups -OCH3 is 1. The maximum Gasteiger partial charge on any atom is 0.255 e. The molecular formula is C18H14Cl2N2O2S. The molecular weight excluding hydrogens is 379 g/mol. The number of anilines is 1. The maximum atomic E-state index is 12.5. The number of ether oxygens (including phenoxy) is 1. The third-order valence-electron chi connectivity index (χ3n) is 3.50. The summed E-state index contributed by atoms with van der Waals surface area (Å²) in [6.45, 7) is 1.96. The van der Waals surface area contributed by atoms with Gasteiger partial charge in [0.15, 0.2) is 5.75 Å². The van der Waals surface area contributed by atoms with Crippen LogP contribution in [0.25, 0.3) is 11.3 Å². The van der Waals surface area contributed by atoms with Crippen molar-refractivity contribution in [3.05, 3.63) is 62.4 Å². The smallest absolute Gasteiger partial charge is 0.255 e. The van der Waals surface area contributed by atoms with Crippen LogP contribution in [0.3, 0.4) is 0 Å². The summed E-state index contributed by atoms with van der Waals surface area (Å²) in [6.07, 6.45) is 0. The fraction of sp³-hybridized carbons (Fsp3) is 0.111. The summed E-state index contributed by atoms with van der Waals surface area (Å²) >= 11 is 13.8. The SMILES string of the molecule is COc1c(Cl)cc(C(=O)Nc2cccc(-c3csc(C)n3)c2)cc1Cl. The largest absolute Gasteiger partial charge is 0.494 e. The molecule has 3 rings (SSSR count). The fourth-order valence-electron chi connectivity index (χ4n) is 2.34. The summed E-state index contributed by atoms with van der Waals surface area (Å²) in [7, 11) is 1.47. The molecule has 0 unspecified atom stereocenters. The lowest BCUT2D eigenvalue weighted by atomic mass is 10.1. The van der Waals surface area contributed by atoms with Gasteiger partial charge >= 0.3 is 0 Å². The minimum atomic E-state index is -0.307. The van der Waals surface area contributed by atoms with E-state index in [-0.39, 0.29) is 16.0 Å². The second kappa shape index (κ2) is 7.44. The Kier molecular flexibility index (Phi) is 5.27. The normalized spacial score (nSPS) is 10.6. The van der Waals surface area contributed by atoms with Gasteiger partial charge in [0, 0.05) is 22.2 Å². The second-order valence-corrected chi connectivity index (χ2v) is 7.14. The molecule has 0 aliphatic heterocycles. The minimum absolute atomic E-state index is 0.284. The number of benzene rings is 2. The molecule has 7 heteroatoms. The third kappa shape index (κ3) is 3.95. The van der Waals surface area contributed by atoms with Crippen LogP contribution in [0.2, 0.25) is 10.0 Å². The van der Waals surface area contributed by atoms with E-state index in [1.807, 2.05) is 36.6 Å². The first-order valence-corrected chi connectivity index (χ1v) is 8.98. The highest BCUT2D eigenvalue weighted by Crippen LogP contribution is 2.34. The van der Waals surface area contributed by atoms with Crippen LogP contribution in [-0.4, -0.2) is 18.0 Å². The van der Waals surface area contributed by atoms with E-state index in [0.29, 0.717) is 17.0 Å². The molecule has 0 fully saturated rings. The fourth-order valence-corrected chi connectivity index (χ4v) is 3.60. The van der Waals surface area contributed by atoms with Crippen molar-refractivity contribution < 1.29 is 9.53 Å². The van der Waals surface area contributed by atoms with Gasteiger partial charge in [-0.3, -0.25) is 4.79 Å². The van der Waals surface area contributed by atoms with E-state index < -0.39 is 0 Å². The molecule has 0 atom stereocenters. The number of carbonyl (C=O) groups excluding carboxylic acids is 1. The topological polar surface area (TPSA) is 51.2 Å². The van der Waals surface area contributed by atoms with E-state index in [9.17, 15) is 4.79 Å². The number of rotatable bonds is 4. The van der Waals surface area contributed by atoms with Crippen molar-refractivity contribution in [2.24, 2.45) is 0 Å². The zero-order valence-electron chi connectivity index (χ0n) is 13.5. The van der Waals surface area contributed by atoms with E-state index >= 15 is 0 Å². The zero-order valence-corrected chi connectivity index (χ0v) is 15.8. The molecule has 128 valence electrons. The van der Waals surface area contributed by atoms with E-state index in [0.717, 1.165) is 16.3 Å². The van der Waals surface area contributed by atoms with Gasteiger partial charge in [0.1, 0.15) is 0 Å². The van der Waals surface area contributed by atoms with Crippen molar-refractivity contribution in [3.8, 4) is 17.0 Å². The Morgan fingerprint density at radius 3 is 2.52 bits per heavy atom. The number of carbonyl (C=O) groups is 1. The predicted octanol–water partition coefficient (Wildman–Crippen LogP) is 5.69. The van der Waals surface area contributed by atoms with Gasteiger partial charge in [-0.2, -0.15) is 0 Å². The summed E-state index contributed by atoms with van der Waals surface area (Å²) in [5.74, 6) is 0.0406. The van der Waals surface area contributed by atoms with Gasteiger partial charge in [-0.05, 0) is 31.2 Å². The molecule has 2 aromatic carbocycles. The first-order chi connectivity index (χ1) is 12.0. The second-order valence-electron chi connectivity index (χ2n) is 5.26. The molecule has 1 N–H and O–H groups in total. The molecule has 1 heterocycles. The number of thiazole rings is 1. The van der Waals surface area contributed by atoms with Gasteiger partial charge in [-0.1, -0.05) is 35.3 Å². The summed E-state index contributed by atoms with van der Waals surface area (Å²) in [6, 6.07) is 10.6. The summed E-state index contributed by atoms with van der Waals surface area (Å²) in [5, 5.41) is 6.39. The van der Waals surface area contributed by atoms with Crippen LogP contribution < -0.4 is 10.1 Å². The highest BCUT2D eigenvalue weighted by Gasteiger charge is 2.14. The number of aryl methyl sites for hydroxylation is 1. The van der Waals surface area contributed by atoms with Crippen molar-refractivity contribution in [3.63, 3.8) is 0 Å². The first kappa shape index (κ1) is 17.7. The Balaban J connectivity index is 1.84. The van der Waals surface area contributed by atoms with Crippen LogP contribution in [0.15, 0.2) is 41.8 Å². The van der Waals surface area contributed by atoms with E-state index in [4.69, 9.17) is 27.9 Å². The zero-order chi connectivity index (χ0) is 18.0. The van der Waals surface area contributed by atoms with Crippen molar-refractivity contribution in [2.45, 2.75) is 6.92 Å². The lowest BCUT2D eigenvalue weighted by molar-refractivity contribution is 0.102. The Morgan fingerprint density at radius 1 is 1.20 bits per heavy atom. The third-order valence-corrected chi connectivity index (χ3v) is 4.83. The van der Waals surface area contributed by atoms with E-state index in [1.54, 1.807) is 11.3 Å². The average molecular weight is 393 g/mol. The van der Waals surface area contributed by atoms with Crippen molar-refractivity contribution in [1.29, 1.82) is 0 Å². The summed E-state index contributed by atoms with van der Waals surface area (Å²) < 4.78 is 5.09. The number of hydrogen-bond acceptors (Lipinski definition) is 4. The minimum Gasteiger partial charge on any atom is -0.494 e. The number of nitrogens with zero attached hydrogens (tertiary/aromatic N) is 1. The number of nitrogens with one attached hydrogen (secondary N) is 1. The average Bonchev–Trinajstić information content (AvgIpc) is 3.01. The standard InChI is InChI=1S/C18H14Cl2N2O2S/c1-10-21-16(9-25-10)11-4-3-5-13(6-11)22-18(23)12-7-14(19)17(24-2)15(20)8-12/h3-9H,1-2H3,(H,22,23). The number of aromatic nitrogens is 1. The molecule has 0 radical (unpaired) electrons. The molecule has 0 bridgehead atoms. The molecule has 1 amide bonds. The predicted molar refractivity (Wildman–Crippen MR) is 103 cm³/mol. The van der Waals surface area contributed by atoms with E-state index in [2.05, 4.69) is 10.3 Å². The van der Waals surface area contributed by atoms with Crippen molar-refractivity contribution in [2.75, 3.05) is 12.4 Å². The monoisotopic (exact) mass is 392 g/mol. The lowest BCUT2D eigenvalue weighted by Gasteiger charge is -2.10. The number of halogens is 2. The van der Waals surface area contributed by atoms with Crippen LogP contribution in [0.4, 0.5) is 5.69 Å². The van der Waals surface area contributed by atoms with Crippen molar-refractivity contribution in [1.82, 2.24) is 4.98 Å². The Bertz CT molecular complexity index is 917. The van der Waals surface area contributed by atoms with Gasteiger partial charge in [0.25, 0.3) is 5.91 Å². The Labute approximate surface area is 159 Å². The molecule has 0 aliphatic carbocycles. The van der Waals surface area contributed by atoms with Crippen LogP contribution in [0.5, 0.6) is 5.75 Å². The van der Waals surface area contributed by atoms with E-state index in [1.165, 1.54) is 19.2 Å². The van der Waals surface area contributed by atoms with Gasteiger partial charge in [-0.25, -0.2) is 4.98 Å². The summed E-state index contributed by atoms with van der Waals surface area (Å²) in [4.78, 5) is 16.9. The number of amides is 1. The lowest BCUT2D eigenvalue weighted by Crippen LogP contribution is -2.12. The molecule has 0 aliphatic rings. The molecule has 25 heavy (non-hydrogen) atoms. The highest BCUT2D eigenvalue weighted by atomic mass is 35.5. The quantitative estimate of drug-likeness (QED) is 0.620. The first-order valence-electron chi connectivity index (χ1n) is 7.35. The van der Waals surface area contributed by atoms with Crippen LogP contribution in [0.1, 0.15) is 15.4 Å². The molecule has 3 aromatic rings.